The summed E-state index contributed by atoms with van der Waals surface area (Å²) in [5.74, 6) is 2.38. The summed E-state index contributed by atoms with van der Waals surface area (Å²) >= 11 is 0. The third kappa shape index (κ3) is 2.79. The van der Waals surface area contributed by atoms with Gasteiger partial charge in [0, 0.05) is 17.9 Å². The molecular formula is C16H29NO. The molecule has 3 atom stereocenters. The monoisotopic (exact) mass is 251 g/mol. The second kappa shape index (κ2) is 5.73. The summed E-state index contributed by atoms with van der Waals surface area (Å²) in [6.07, 6.45) is 6.85. The zero-order valence-corrected chi connectivity index (χ0v) is 12.3. The van der Waals surface area contributed by atoms with E-state index in [9.17, 15) is 4.79 Å². The van der Waals surface area contributed by atoms with Gasteiger partial charge in [0.2, 0.25) is 0 Å². The van der Waals surface area contributed by atoms with Gasteiger partial charge in [0.05, 0.1) is 0 Å². The summed E-state index contributed by atoms with van der Waals surface area (Å²) in [5.41, 5.74) is -0.0420. The molecule has 1 N–H and O–H groups in total. The fraction of sp³-hybridized carbons (Fsp3) is 0.938. The van der Waals surface area contributed by atoms with Gasteiger partial charge in [-0.2, -0.15) is 0 Å². The van der Waals surface area contributed by atoms with E-state index in [0.29, 0.717) is 11.7 Å². The van der Waals surface area contributed by atoms with Gasteiger partial charge in [-0.3, -0.25) is 4.79 Å². The Kier molecular flexibility index (Phi) is 4.47. The van der Waals surface area contributed by atoms with Gasteiger partial charge in [0.1, 0.15) is 5.78 Å². The molecule has 1 aliphatic heterocycles. The Morgan fingerprint density at radius 3 is 2.39 bits per heavy atom. The van der Waals surface area contributed by atoms with Gasteiger partial charge >= 0.3 is 0 Å². The minimum atomic E-state index is -0.0420. The number of piperidine rings is 1. The van der Waals surface area contributed by atoms with Crippen LogP contribution in [-0.2, 0) is 4.79 Å². The average Bonchev–Trinajstić information content (AvgIpc) is 2.37. The Morgan fingerprint density at radius 1 is 1.22 bits per heavy atom. The molecule has 0 spiro atoms. The molecule has 1 saturated carbocycles. The van der Waals surface area contributed by atoms with Crippen molar-refractivity contribution in [2.45, 2.75) is 59.3 Å². The number of hydrogen-bond acceptors (Lipinski definition) is 2. The molecule has 2 nitrogen and oxygen atoms in total. The summed E-state index contributed by atoms with van der Waals surface area (Å²) in [7, 11) is 0. The number of ketones is 1. The van der Waals surface area contributed by atoms with Crippen molar-refractivity contribution >= 4 is 5.78 Å². The molecule has 104 valence electrons. The minimum absolute atomic E-state index is 0.0420. The van der Waals surface area contributed by atoms with Crippen molar-refractivity contribution < 1.29 is 4.79 Å². The summed E-state index contributed by atoms with van der Waals surface area (Å²) < 4.78 is 0. The Labute approximate surface area is 112 Å². The lowest BCUT2D eigenvalue weighted by atomic mass is 9.65. The minimum Gasteiger partial charge on any atom is -0.316 e. The fourth-order valence-electron chi connectivity index (χ4n) is 4.25. The molecule has 0 radical (unpaired) electrons. The first kappa shape index (κ1) is 14.0. The average molecular weight is 251 g/mol. The maximum atomic E-state index is 13.0. The fourth-order valence-corrected chi connectivity index (χ4v) is 4.25. The molecule has 2 rings (SSSR count). The molecule has 0 aromatic heterocycles. The van der Waals surface area contributed by atoms with Crippen molar-refractivity contribution in [3.8, 4) is 0 Å². The number of rotatable bonds is 3. The molecule has 18 heavy (non-hydrogen) atoms. The molecule has 0 amide bonds. The van der Waals surface area contributed by atoms with Crippen LogP contribution in [0.1, 0.15) is 59.3 Å². The molecule has 1 aliphatic carbocycles. The van der Waals surface area contributed by atoms with E-state index in [-0.39, 0.29) is 5.41 Å². The first-order valence-electron chi connectivity index (χ1n) is 7.82. The molecule has 0 bridgehead atoms. The van der Waals surface area contributed by atoms with Crippen LogP contribution in [-0.4, -0.2) is 18.9 Å². The van der Waals surface area contributed by atoms with Crippen LogP contribution in [0.15, 0.2) is 0 Å². The van der Waals surface area contributed by atoms with Crippen molar-refractivity contribution in [3.63, 3.8) is 0 Å². The van der Waals surface area contributed by atoms with E-state index in [1.807, 2.05) is 0 Å². The van der Waals surface area contributed by atoms with Crippen LogP contribution in [0.4, 0.5) is 0 Å². The second-order valence-electron chi connectivity index (χ2n) is 6.89. The molecule has 1 heterocycles. The first-order valence-corrected chi connectivity index (χ1v) is 7.82. The lowest BCUT2D eigenvalue weighted by molar-refractivity contribution is -0.136. The van der Waals surface area contributed by atoms with Gasteiger partial charge in [-0.1, -0.05) is 20.8 Å². The van der Waals surface area contributed by atoms with Gasteiger partial charge < -0.3 is 5.32 Å². The zero-order valence-electron chi connectivity index (χ0n) is 12.3. The summed E-state index contributed by atoms with van der Waals surface area (Å²) in [4.78, 5) is 13.0. The van der Waals surface area contributed by atoms with Gasteiger partial charge in [-0.05, 0) is 56.9 Å². The highest BCUT2D eigenvalue weighted by molar-refractivity contribution is 5.87. The maximum Gasteiger partial charge on any atom is 0.143 e. The number of Topliss-reactive ketones (excluding diaryl/α,β-unsaturated/α-hetero) is 1. The Balaban J connectivity index is 2.08. The quantitative estimate of drug-likeness (QED) is 0.833. The first-order chi connectivity index (χ1) is 8.57. The molecular weight excluding hydrogens is 222 g/mol. The lowest BCUT2D eigenvalue weighted by Crippen LogP contribution is -2.48. The van der Waals surface area contributed by atoms with Crippen LogP contribution in [0.5, 0.6) is 0 Å². The summed E-state index contributed by atoms with van der Waals surface area (Å²) in [6, 6.07) is 0. The van der Waals surface area contributed by atoms with Crippen LogP contribution in [0.2, 0.25) is 0 Å². The predicted octanol–water partition coefficient (Wildman–Crippen LogP) is 3.41. The third-order valence-corrected chi connectivity index (χ3v) is 5.22. The largest absolute Gasteiger partial charge is 0.316 e. The Bertz CT molecular complexity index is 283. The summed E-state index contributed by atoms with van der Waals surface area (Å²) in [6.45, 7) is 8.83. The van der Waals surface area contributed by atoms with Crippen molar-refractivity contribution in [1.82, 2.24) is 5.32 Å². The van der Waals surface area contributed by atoms with Crippen molar-refractivity contribution in [2.75, 3.05) is 13.1 Å². The van der Waals surface area contributed by atoms with Crippen molar-refractivity contribution in [1.29, 1.82) is 0 Å². The molecule has 2 heteroatoms. The van der Waals surface area contributed by atoms with E-state index in [1.54, 1.807) is 0 Å². The normalized spacial score (nSPS) is 41.6. The molecule has 2 aliphatic rings. The van der Waals surface area contributed by atoms with Crippen LogP contribution < -0.4 is 5.32 Å². The van der Waals surface area contributed by atoms with Crippen LogP contribution in [0, 0.1) is 23.2 Å². The van der Waals surface area contributed by atoms with E-state index in [4.69, 9.17) is 0 Å². The highest BCUT2D eigenvalue weighted by Crippen LogP contribution is 2.41. The molecule has 0 aromatic rings. The van der Waals surface area contributed by atoms with Gasteiger partial charge in [0.15, 0.2) is 0 Å². The topological polar surface area (TPSA) is 29.1 Å². The maximum absolute atomic E-state index is 13.0. The number of hydrogen-bond donors (Lipinski definition) is 1. The standard InChI is InChI=1S/C16H29NO/c1-4-16(6-5-7-17-11-16)15(18)14-9-12(2)8-13(3)10-14/h12-14,17H,4-11H2,1-3H3. The van der Waals surface area contributed by atoms with Gasteiger partial charge in [-0.15, -0.1) is 0 Å². The van der Waals surface area contributed by atoms with Crippen molar-refractivity contribution in [2.24, 2.45) is 23.2 Å². The van der Waals surface area contributed by atoms with Crippen molar-refractivity contribution in [3.05, 3.63) is 0 Å². The number of carbonyl (C=O) groups excluding carboxylic acids is 1. The molecule has 2 fully saturated rings. The van der Waals surface area contributed by atoms with Gasteiger partial charge in [0.25, 0.3) is 0 Å². The molecule has 0 aromatic carbocycles. The van der Waals surface area contributed by atoms with Crippen LogP contribution in [0.3, 0.4) is 0 Å². The van der Waals surface area contributed by atoms with Crippen LogP contribution >= 0.6 is 0 Å². The smallest absolute Gasteiger partial charge is 0.143 e. The Morgan fingerprint density at radius 2 is 1.89 bits per heavy atom. The van der Waals surface area contributed by atoms with E-state index < -0.39 is 0 Å². The summed E-state index contributed by atoms with van der Waals surface area (Å²) in [5, 5.41) is 3.45. The van der Waals surface area contributed by atoms with Gasteiger partial charge in [-0.25, -0.2) is 0 Å². The van der Waals surface area contributed by atoms with E-state index in [0.717, 1.165) is 57.0 Å². The Hall–Kier alpha value is -0.370. The van der Waals surface area contributed by atoms with E-state index in [1.165, 1.54) is 6.42 Å². The third-order valence-electron chi connectivity index (χ3n) is 5.22. The lowest BCUT2D eigenvalue weighted by Gasteiger charge is -2.41. The second-order valence-corrected chi connectivity index (χ2v) is 6.89. The van der Waals surface area contributed by atoms with Crippen LogP contribution in [0.25, 0.3) is 0 Å². The molecule has 3 unspecified atom stereocenters. The SMILES string of the molecule is CCC1(C(=O)C2CC(C)CC(C)C2)CCCNC1. The zero-order chi connectivity index (χ0) is 13.2. The van der Waals surface area contributed by atoms with E-state index in [2.05, 4.69) is 26.1 Å². The van der Waals surface area contributed by atoms with E-state index >= 15 is 0 Å². The molecule has 1 saturated heterocycles. The predicted molar refractivity (Wildman–Crippen MR) is 75.5 cm³/mol. The number of nitrogens with one attached hydrogen (secondary N) is 1. The number of carbonyl (C=O) groups is 1. The highest BCUT2D eigenvalue weighted by atomic mass is 16.1. The highest BCUT2D eigenvalue weighted by Gasteiger charge is 2.42.